The van der Waals surface area contributed by atoms with Crippen molar-refractivity contribution in [2.75, 3.05) is 7.11 Å². The highest BCUT2D eigenvalue weighted by atomic mass is 16.5. The van der Waals surface area contributed by atoms with E-state index in [0.717, 1.165) is 96.3 Å². The van der Waals surface area contributed by atoms with E-state index in [9.17, 15) is 19.8 Å². The van der Waals surface area contributed by atoms with E-state index in [0.29, 0.717) is 6.42 Å². The number of aliphatic carboxylic acids is 1. The van der Waals surface area contributed by atoms with Crippen molar-refractivity contribution in [2.45, 2.75) is 193 Å². The van der Waals surface area contributed by atoms with Crippen LogP contribution in [0.5, 0.6) is 0 Å². The normalized spacial score (nSPS) is 13.5. The van der Waals surface area contributed by atoms with Gasteiger partial charge in [-0.25, -0.2) is 0 Å². The number of hydrogen-bond donors (Lipinski definition) is 3. The highest BCUT2D eigenvalue weighted by Gasteiger charge is 2.09. The van der Waals surface area contributed by atoms with Crippen LogP contribution in [0.2, 0.25) is 0 Å². The molecule has 0 saturated heterocycles. The lowest BCUT2D eigenvalue weighted by Gasteiger charge is -2.07. The van der Waals surface area contributed by atoms with Gasteiger partial charge in [-0.2, -0.15) is 0 Å². The lowest BCUT2D eigenvalue weighted by Crippen LogP contribution is -2.08. The molecule has 0 aromatic rings. The predicted octanol–water partition coefficient (Wildman–Crippen LogP) is 10.5. The van der Waals surface area contributed by atoms with Gasteiger partial charge in [0.1, 0.15) is 0 Å². The van der Waals surface area contributed by atoms with Crippen LogP contribution in [0.1, 0.15) is 181 Å². The average molecular weight is 625 g/mol. The Morgan fingerprint density at radius 3 is 1.45 bits per heavy atom. The molecule has 0 heterocycles. The van der Waals surface area contributed by atoms with Crippen LogP contribution < -0.4 is 0 Å². The van der Waals surface area contributed by atoms with Crippen LogP contribution >= 0.6 is 0 Å². The second kappa shape index (κ2) is 35.8. The van der Waals surface area contributed by atoms with Gasteiger partial charge in [0.15, 0.2) is 0 Å². The van der Waals surface area contributed by atoms with E-state index < -0.39 is 5.97 Å². The third kappa shape index (κ3) is 36.5. The first-order chi connectivity index (χ1) is 21.3. The molecule has 0 aromatic carbocycles. The zero-order valence-electron chi connectivity index (χ0n) is 29.3. The minimum Gasteiger partial charge on any atom is -0.481 e. The second-order valence-electron chi connectivity index (χ2n) is 12.5. The smallest absolute Gasteiger partial charge is 0.306 e. The lowest BCUT2D eigenvalue weighted by atomic mass is 10.0. The van der Waals surface area contributed by atoms with Crippen LogP contribution in [0, 0.1) is 5.92 Å². The van der Waals surface area contributed by atoms with Crippen molar-refractivity contribution >= 4 is 11.9 Å². The Morgan fingerprint density at radius 1 is 0.591 bits per heavy atom. The first-order valence-corrected chi connectivity index (χ1v) is 18.2. The first-order valence-electron chi connectivity index (χ1n) is 18.2. The minimum atomic E-state index is -0.684. The van der Waals surface area contributed by atoms with Crippen molar-refractivity contribution < 1.29 is 29.6 Å². The second-order valence-corrected chi connectivity index (χ2v) is 12.5. The summed E-state index contributed by atoms with van der Waals surface area (Å²) in [4.78, 5) is 21.6. The molecule has 0 rings (SSSR count). The van der Waals surface area contributed by atoms with E-state index in [-0.39, 0.29) is 24.1 Å². The number of aliphatic hydroxyl groups excluding tert-OH is 2. The number of unbranched alkanes of at least 4 members (excludes halogenated alkanes) is 15. The van der Waals surface area contributed by atoms with Crippen LogP contribution in [0.15, 0.2) is 24.3 Å². The fraction of sp³-hybridized carbons (Fsp3) is 0.842. The molecule has 0 aliphatic rings. The average Bonchev–Trinajstić information content (AvgIpc) is 3.01. The number of methoxy groups -OCH3 is 1. The number of allylic oxidation sites excluding steroid dienone is 2. The molecule has 0 saturated carbocycles. The molecule has 0 radical (unpaired) electrons. The number of carboxylic acid groups (broad SMARTS) is 1. The molecule has 2 unspecified atom stereocenters. The molecule has 260 valence electrons. The van der Waals surface area contributed by atoms with E-state index in [2.05, 4.69) is 42.9 Å². The third-order valence-corrected chi connectivity index (χ3v) is 8.09. The largest absolute Gasteiger partial charge is 0.481 e. The monoisotopic (exact) mass is 625 g/mol. The topological polar surface area (TPSA) is 104 Å². The van der Waals surface area contributed by atoms with Gasteiger partial charge in [0.25, 0.3) is 0 Å². The minimum absolute atomic E-state index is 0.101. The van der Waals surface area contributed by atoms with Gasteiger partial charge in [0.2, 0.25) is 0 Å². The molecule has 0 aromatic heterocycles. The molecule has 3 N–H and O–H groups in total. The Balaban J connectivity index is 0. The first kappa shape index (κ1) is 44.5. The maximum atomic E-state index is 10.9. The number of carbonyl (C=O) groups is 2. The Kier molecular flexibility index (Phi) is 36.2. The molecule has 0 bridgehead atoms. The van der Waals surface area contributed by atoms with E-state index >= 15 is 0 Å². The predicted molar refractivity (Wildman–Crippen MR) is 186 cm³/mol. The van der Waals surface area contributed by atoms with Gasteiger partial charge in [0, 0.05) is 6.42 Å². The van der Waals surface area contributed by atoms with Crippen molar-refractivity contribution in [3.05, 3.63) is 24.3 Å². The van der Waals surface area contributed by atoms with Crippen LogP contribution in [0.4, 0.5) is 0 Å². The summed E-state index contributed by atoms with van der Waals surface area (Å²) in [6.07, 6.45) is 35.1. The highest BCUT2D eigenvalue weighted by Crippen LogP contribution is 2.13. The van der Waals surface area contributed by atoms with E-state index in [1.54, 1.807) is 6.92 Å². The fourth-order valence-electron chi connectivity index (χ4n) is 4.95. The molecular weight excluding hydrogens is 552 g/mol. The molecule has 0 aliphatic heterocycles. The summed E-state index contributed by atoms with van der Waals surface area (Å²) in [6.45, 7) is 6.18. The summed E-state index contributed by atoms with van der Waals surface area (Å²) in [7, 11) is 1.44. The highest BCUT2D eigenvalue weighted by molar-refractivity contribution is 5.69. The summed E-state index contributed by atoms with van der Waals surface area (Å²) < 4.78 is 4.61. The molecule has 44 heavy (non-hydrogen) atoms. The lowest BCUT2D eigenvalue weighted by molar-refractivity contribution is -0.142. The summed E-state index contributed by atoms with van der Waals surface area (Å²) in [5.74, 6) is -0.994. The van der Waals surface area contributed by atoms with Crippen LogP contribution in [-0.2, 0) is 14.3 Å². The quantitative estimate of drug-likeness (QED) is 0.0417. The van der Waals surface area contributed by atoms with Crippen molar-refractivity contribution in [3.63, 3.8) is 0 Å². The molecule has 6 nitrogen and oxygen atoms in total. The molecular formula is C38H72O6. The number of aliphatic hydroxyl groups is 2. The third-order valence-electron chi connectivity index (χ3n) is 8.09. The zero-order chi connectivity index (χ0) is 33.1. The number of rotatable bonds is 30. The van der Waals surface area contributed by atoms with Gasteiger partial charge >= 0.3 is 11.9 Å². The maximum Gasteiger partial charge on any atom is 0.306 e. The Bertz CT molecular complexity index is 672. The number of ether oxygens (including phenoxy) is 1. The van der Waals surface area contributed by atoms with E-state index in [1.165, 1.54) is 64.9 Å². The van der Waals surface area contributed by atoms with Gasteiger partial charge in [-0.3, -0.25) is 9.59 Å². The molecule has 6 heteroatoms. The van der Waals surface area contributed by atoms with Gasteiger partial charge in [0.05, 0.1) is 25.2 Å². The molecule has 0 aliphatic carbocycles. The van der Waals surface area contributed by atoms with Crippen molar-refractivity contribution in [1.29, 1.82) is 0 Å². The summed E-state index contributed by atoms with van der Waals surface area (Å²) in [6, 6.07) is 0. The Hall–Kier alpha value is -1.66. The van der Waals surface area contributed by atoms with Gasteiger partial charge in [-0.15, -0.1) is 0 Å². The van der Waals surface area contributed by atoms with Crippen molar-refractivity contribution in [2.24, 2.45) is 5.92 Å². The fourth-order valence-corrected chi connectivity index (χ4v) is 4.95. The summed E-state index contributed by atoms with van der Waals surface area (Å²) >= 11 is 0. The van der Waals surface area contributed by atoms with Crippen LogP contribution in [0.3, 0.4) is 0 Å². The summed E-state index contributed by atoms with van der Waals surface area (Å²) in [5.41, 5.74) is 0. The van der Waals surface area contributed by atoms with Crippen molar-refractivity contribution in [1.82, 2.24) is 0 Å². The number of esters is 1. The van der Waals surface area contributed by atoms with Gasteiger partial charge in [-0.05, 0) is 64.2 Å². The van der Waals surface area contributed by atoms with E-state index in [4.69, 9.17) is 5.11 Å². The molecule has 0 fully saturated rings. The Morgan fingerprint density at radius 2 is 1.00 bits per heavy atom. The molecule has 3 atom stereocenters. The molecule has 0 amide bonds. The number of carbonyl (C=O) groups excluding carboxylic acids is 1. The number of hydrogen-bond acceptors (Lipinski definition) is 5. The van der Waals surface area contributed by atoms with Gasteiger partial charge in [-0.1, -0.05) is 135 Å². The van der Waals surface area contributed by atoms with Crippen molar-refractivity contribution in [3.8, 4) is 0 Å². The SMILES string of the molecule is CCCCCCC(O)CC=CCCCCCCCC(=O)OC.CCCCCC[C@@H](O)C/C=C\CCCCCCC(C)C(=O)O. The standard InChI is InChI=1S/2C19H36O3/c1-3-4-5-12-15-18(20)16-13-10-8-6-7-9-11-14-17-19(21)22-2;1-3-4-5-12-15-18(20)16-13-10-8-6-7-9-11-14-17(2)19(21)22/h10,13,18,20H,3-9,11-12,14-17H2,1-2H3;10,13,17-18,20H,3-9,11-12,14-16H2,1-2H3,(H,21,22)/b;13-10-/t;17?,18-/m.1/s1. The van der Waals surface area contributed by atoms with Crippen LogP contribution in [0.25, 0.3) is 0 Å². The van der Waals surface area contributed by atoms with E-state index in [1.807, 2.05) is 0 Å². The summed E-state index contributed by atoms with van der Waals surface area (Å²) in [5, 5.41) is 28.4. The Labute approximate surface area is 272 Å². The maximum absolute atomic E-state index is 10.9. The van der Waals surface area contributed by atoms with Gasteiger partial charge < -0.3 is 20.1 Å². The zero-order valence-corrected chi connectivity index (χ0v) is 29.3. The molecule has 0 spiro atoms. The van der Waals surface area contributed by atoms with Crippen LogP contribution in [-0.4, -0.2) is 46.6 Å². The number of carboxylic acids is 1.